The van der Waals surface area contributed by atoms with Gasteiger partial charge in [0.1, 0.15) is 0 Å². The summed E-state index contributed by atoms with van der Waals surface area (Å²) in [6, 6.07) is 0. The second kappa shape index (κ2) is 7.86. The van der Waals surface area contributed by atoms with Crippen LogP contribution in [0.5, 0.6) is 0 Å². The van der Waals surface area contributed by atoms with E-state index in [1.807, 2.05) is 13.8 Å². The van der Waals surface area contributed by atoms with E-state index in [9.17, 15) is 23.4 Å². The Morgan fingerprint density at radius 3 is 2.19 bits per heavy atom. The van der Waals surface area contributed by atoms with Gasteiger partial charge in [0.05, 0.1) is 5.60 Å². The van der Waals surface area contributed by atoms with Crippen LogP contribution in [0.3, 0.4) is 0 Å². The zero-order valence-corrected chi connectivity index (χ0v) is 20.8. The van der Waals surface area contributed by atoms with E-state index >= 15 is 0 Å². The molecule has 4 saturated carbocycles. The summed E-state index contributed by atoms with van der Waals surface area (Å²) >= 11 is 0. The summed E-state index contributed by atoms with van der Waals surface area (Å²) in [5.41, 5.74) is -2.84. The normalized spacial score (nSPS) is 48.0. The molecule has 0 amide bonds. The lowest BCUT2D eigenvalue weighted by Gasteiger charge is -2.62. The molecule has 0 aliphatic heterocycles. The first-order valence-electron chi connectivity index (χ1n) is 13.1. The van der Waals surface area contributed by atoms with Gasteiger partial charge in [0.25, 0.3) is 0 Å². The number of fused-ring (bicyclic) bond motifs is 5. The topological polar surface area (TPSA) is 40.5 Å². The molecule has 2 N–H and O–H groups in total. The van der Waals surface area contributed by atoms with Gasteiger partial charge in [-0.2, -0.15) is 13.2 Å². The predicted molar refractivity (Wildman–Crippen MR) is 121 cm³/mol. The Hall–Kier alpha value is -0.290. The monoisotopic (exact) mass is 458 g/mol. The molecule has 32 heavy (non-hydrogen) atoms. The molecule has 0 heterocycles. The van der Waals surface area contributed by atoms with Crippen LogP contribution in [0.1, 0.15) is 105 Å². The Morgan fingerprint density at radius 2 is 1.56 bits per heavy atom. The lowest BCUT2D eigenvalue weighted by atomic mass is 9.43. The second-order valence-electron chi connectivity index (χ2n) is 13.4. The zero-order valence-electron chi connectivity index (χ0n) is 20.8. The predicted octanol–water partition coefficient (Wildman–Crippen LogP) is 7.13. The van der Waals surface area contributed by atoms with E-state index in [4.69, 9.17) is 0 Å². The average molecular weight is 459 g/mol. The van der Waals surface area contributed by atoms with Crippen molar-refractivity contribution in [2.45, 2.75) is 123 Å². The summed E-state index contributed by atoms with van der Waals surface area (Å²) in [6.45, 7) is 10.9. The maximum absolute atomic E-state index is 13.6. The number of rotatable bonds is 4. The number of hydrogen-bond donors (Lipinski definition) is 2. The molecule has 0 aromatic rings. The minimum absolute atomic E-state index is 0.0172. The van der Waals surface area contributed by atoms with Gasteiger partial charge in [-0.3, -0.25) is 0 Å². The largest absolute Gasteiger partial charge is 0.417 e. The van der Waals surface area contributed by atoms with Crippen molar-refractivity contribution in [2.75, 3.05) is 0 Å². The molecule has 5 heteroatoms. The highest BCUT2D eigenvalue weighted by Crippen LogP contribution is 2.69. The van der Waals surface area contributed by atoms with Crippen LogP contribution in [0, 0.1) is 46.3 Å². The Balaban J connectivity index is 1.49. The Bertz CT molecular complexity index is 700. The van der Waals surface area contributed by atoms with E-state index in [-0.39, 0.29) is 24.2 Å². The molecule has 0 radical (unpaired) electrons. The number of aliphatic hydroxyl groups is 2. The average Bonchev–Trinajstić information content (AvgIpc) is 3.02. The summed E-state index contributed by atoms with van der Waals surface area (Å²) in [7, 11) is 0. The lowest BCUT2D eigenvalue weighted by Crippen LogP contribution is -2.59. The van der Waals surface area contributed by atoms with Crippen LogP contribution in [0.2, 0.25) is 0 Å². The van der Waals surface area contributed by atoms with E-state index in [2.05, 4.69) is 20.8 Å². The lowest BCUT2D eigenvalue weighted by molar-refractivity contribution is -0.290. The fourth-order valence-electron chi connectivity index (χ4n) is 9.26. The summed E-state index contributed by atoms with van der Waals surface area (Å²) in [4.78, 5) is 0. The molecule has 0 spiro atoms. The second-order valence-corrected chi connectivity index (χ2v) is 13.4. The number of hydrogen-bond acceptors (Lipinski definition) is 2. The summed E-state index contributed by atoms with van der Waals surface area (Å²) < 4.78 is 40.7. The summed E-state index contributed by atoms with van der Waals surface area (Å²) in [6.07, 6.45) is 4.32. The molecule has 4 fully saturated rings. The van der Waals surface area contributed by atoms with Crippen molar-refractivity contribution in [1.82, 2.24) is 0 Å². The van der Waals surface area contributed by atoms with Crippen LogP contribution in [0.15, 0.2) is 0 Å². The van der Waals surface area contributed by atoms with Crippen LogP contribution >= 0.6 is 0 Å². The van der Waals surface area contributed by atoms with Crippen LogP contribution in [-0.4, -0.2) is 27.6 Å². The van der Waals surface area contributed by atoms with E-state index < -0.39 is 17.4 Å². The maximum atomic E-state index is 13.6. The molecule has 0 aromatic heterocycles. The first-order valence-corrected chi connectivity index (χ1v) is 13.1. The molecular weight excluding hydrogens is 413 g/mol. The molecular formula is C27H45F3O2. The van der Waals surface area contributed by atoms with Crippen molar-refractivity contribution >= 4 is 0 Å². The third-order valence-corrected chi connectivity index (χ3v) is 11.2. The van der Waals surface area contributed by atoms with Gasteiger partial charge >= 0.3 is 6.18 Å². The minimum Gasteiger partial charge on any atom is -0.390 e. The van der Waals surface area contributed by atoms with Crippen molar-refractivity contribution < 1.29 is 23.4 Å². The van der Waals surface area contributed by atoms with E-state index in [1.54, 1.807) is 0 Å². The van der Waals surface area contributed by atoms with Gasteiger partial charge in [0.2, 0.25) is 0 Å². The molecule has 0 saturated heterocycles. The van der Waals surface area contributed by atoms with Crippen molar-refractivity contribution in [2.24, 2.45) is 46.3 Å². The minimum atomic E-state index is -4.52. The zero-order chi connectivity index (χ0) is 23.7. The van der Waals surface area contributed by atoms with E-state index in [0.717, 1.165) is 32.1 Å². The Kier molecular flexibility index (Phi) is 6.10. The molecule has 186 valence electrons. The fraction of sp³-hybridized carbons (Fsp3) is 1.00. The standard InChI is InChI=1S/C27H45F3O2/c1-17(10-12-23(2,3)31)20-8-9-21-19-7-6-18-16-26(32,27(28,29)30)15-14-24(18,4)22(19)11-13-25(20,21)5/h17-22,31-32H,6-16H2,1-5H3/t17-,18-,19?,20+,21?,22?,24+,25-,26-/m1/s1. The SMILES string of the molecule is C[C@H](CCC(C)(C)O)[C@@H]1CCC2C3CC[C@@H]4C[C@@](O)(C(F)(F)F)CC[C@]4(C)C3CC[C@@]21C. The van der Waals surface area contributed by atoms with Crippen molar-refractivity contribution in [3.63, 3.8) is 0 Å². The maximum Gasteiger partial charge on any atom is 0.417 e. The Morgan fingerprint density at radius 1 is 0.906 bits per heavy atom. The fourth-order valence-corrected chi connectivity index (χ4v) is 9.26. The van der Waals surface area contributed by atoms with Crippen molar-refractivity contribution in [3.05, 3.63) is 0 Å². The van der Waals surface area contributed by atoms with Crippen molar-refractivity contribution in [1.29, 1.82) is 0 Å². The van der Waals surface area contributed by atoms with Crippen LogP contribution in [0.4, 0.5) is 13.2 Å². The number of halogens is 3. The quantitative estimate of drug-likeness (QED) is 0.471. The highest BCUT2D eigenvalue weighted by atomic mass is 19.4. The van der Waals surface area contributed by atoms with Gasteiger partial charge in [0, 0.05) is 0 Å². The summed E-state index contributed by atoms with van der Waals surface area (Å²) in [5.74, 6) is 3.06. The van der Waals surface area contributed by atoms with Gasteiger partial charge in [-0.15, -0.1) is 0 Å². The van der Waals surface area contributed by atoms with E-state index in [1.165, 1.54) is 19.3 Å². The van der Waals surface area contributed by atoms with Crippen LogP contribution < -0.4 is 0 Å². The third-order valence-electron chi connectivity index (χ3n) is 11.2. The molecule has 4 aliphatic carbocycles. The van der Waals surface area contributed by atoms with E-state index in [0.29, 0.717) is 41.4 Å². The van der Waals surface area contributed by atoms with Gasteiger partial charge in [-0.05, 0) is 131 Å². The van der Waals surface area contributed by atoms with Gasteiger partial charge in [0.15, 0.2) is 5.60 Å². The van der Waals surface area contributed by atoms with Crippen LogP contribution in [0.25, 0.3) is 0 Å². The van der Waals surface area contributed by atoms with Gasteiger partial charge < -0.3 is 10.2 Å². The molecule has 0 bridgehead atoms. The van der Waals surface area contributed by atoms with Crippen LogP contribution in [-0.2, 0) is 0 Å². The van der Waals surface area contributed by atoms with Crippen molar-refractivity contribution in [3.8, 4) is 0 Å². The number of alkyl halides is 3. The first kappa shape index (κ1) is 24.8. The highest BCUT2D eigenvalue weighted by Gasteiger charge is 2.65. The molecule has 3 unspecified atom stereocenters. The Labute approximate surface area is 192 Å². The third kappa shape index (κ3) is 3.95. The van der Waals surface area contributed by atoms with Gasteiger partial charge in [-0.25, -0.2) is 0 Å². The first-order chi connectivity index (χ1) is 14.6. The highest BCUT2D eigenvalue weighted by molar-refractivity contribution is 5.11. The molecule has 9 atom stereocenters. The molecule has 0 aromatic carbocycles. The molecule has 4 rings (SSSR count). The molecule has 2 nitrogen and oxygen atoms in total. The smallest absolute Gasteiger partial charge is 0.390 e. The molecule has 4 aliphatic rings. The summed E-state index contributed by atoms with van der Waals surface area (Å²) in [5, 5.41) is 20.6. The van der Waals surface area contributed by atoms with Gasteiger partial charge in [-0.1, -0.05) is 20.8 Å².